The van der Waals surface area contributed by atoms with Crippen LogP contribution in [-0.2, 0) is 9.53 Å². The third kappa shape index (κ3) is 1.84. The molecule has 0 saturated heterocycles. The van der Waals surface area contributed by atoms with E-state index < -0.39 is 22.8 Å². The van der Waals surface area contributed by atoms with E-state index in [2.05, 4.69) is 15.0 Å². The minimum atomic E-state index is -0.721. The van der Waals surface area contributed by atoms with Gasteiger partial charge in [0.2, 0.25) is 0 Å². The average molecular weight is 200 g/mol. The van der Waals surface area contributed by atoms with Crippen LogP contribution in [0.15, 0.2) is 6.20 Å². The predicted octanol–water partition coefficient (Wildman–Crippen LogP) is -0.0797. The van der Waals surface area contributed by atoms with E-state index >= 15 is 0 Å². The zero-order chi connectivity index (χ0) is 10.7. The van der Waals surface area contributed by atoms with Gasteiger partial charge in [0, 0.05) is 0 Å². The van der Waals surface area contributed by atoms with Gasteiger partial charge in [-0.15, -0.1) is 0 Å². The molecule has 0 bridgehead atoms. The van der Waals surface area contributed by atoms with Gasteiger partial charge in [-0.25, -0.2) is 9.48 Å². The molecular formula is C6H8N4O4. The standard InChI is InChI=1S/C6H8N4O4/c1-4(6(11)14-2)9-3-5(7-8-9)10(12)13/h3-4H,1-2H3. The highest BCUT2D eigenvalue weighted by atomic mass is 16.6. The number of nitrogens with zero attached hydrogens (tertiary/aromatic N) is 4. The van der Waals surface area contributed by atoms with Gasteiger partial charge in [-0.05, 0) is 11.8 Å². The van der Waals surface area contributed by atoms with E-state index in [4.69, 9.17) is 0 Å². The van der Waals surface area contributed by atoms with Crippen molar-refractivity contribution < 1.29 is 14.5 Å². The fourth-order valence-corrected chi connectivity index (χ4v) is 0.819. The van der Waals surface area contributed by atoms with Crippen molar-refractivity contribution in [2.24, 2.45) is 0 Å². The summed E-state index contributed by atoms with van der Waals surface area (Å²) in [5.74, 6) is -0.939. The van der Waals surface area contributed by atoms with E-state index in [1.165, 1.54) is 14.0 Å². The molecule has 8 heteroatoms. The van der Waals surface area contributed by atoms with Crippen LogP contribution in [0.2, 0.25) is 0 Å². The first-order chi connectivity index (χ1) is 6.56. The van der Waals surface area contributed by atoms with Gasteiger partial charge in [0.15, 0.2) is 6.04 Å². The maximum absolute atomic E-state index is 11.0. The van der Waals surface area contributed by atoms with E-state index in [9.17, 15) is 14.9 Å². The van der Waals surface area contributed by atoms with E-state index in [0.29, 0.717) is 0 Å². The largest absolute Gasteiger partial charge is 0.467 e. The van der Waals surface area contributed by atoms with Crippen LogP contribution in [0.4, 0.5) is 5.82 Å². The van der Waals surface area contributed by atoms with Crippen molar-refractivity contribution in [1.82, 2.24) is 15.0 Å². The molecule has 0 spiro atoms. The van der Waals surface area contributed by atoms with E-state index in [-0.39, 0.29) is 0 Å². The van der Waals surface area contributed by atoms with Gasteiger partial charge in [-0.2, -0.15) is 0 Å². The number of esters is 1. The first-order valence-corrected chi connectivity index (χ1v) is 3.70. The summed E-state index contributed by atoms with van der Waals surface area (Å²) in [6.07, 6.45) is 1.07. The Hall–Kier alpha value is -1.99. The topological polar surface area (TPSA) is 100 Å². The Morgan fingerprint density at radius 2 is 2.43 bits per heavy atom. The first-order valence-electron chi connectivity index (χ1n) is 3.70. The summed E-state index contributed by atoms with van der Waals surface area (Å²) in [7, 11) is 1.23. The smallest absolute Gasteiger partial charge is 0.410 e. The minimum absolute atomic E-state index is 0.402. The second-order valence-electron chi connectivity index (χ2n) is 2.51. The zero-order valence-corrected chi connectivity index (χ0v) is 7.58. The molecule has 8 nitrogen and oxygen atoms in total. The van der Waals surface area contributed by atoms with Gasteiger partial charge in [-0.3, -0.25) is 0 Å². The molecule has 1 aromatic heterocycles. The highest BCUT2D eigenvalue weighted by Gasteiger charge is 2.21. The molecule has 0 aliphatic carbocycles. The molecular weight excluding hydrogens is 192 g/mol. The van der Waals surface area contributed by atoms with Crippen LogP contribution in [0.5, 0.6) is 0 Å². The Labute approximate surface area is 78.6 Å². The van der Waals surface area contributed by atoms with Crippen molar-refractivity contribution in [2.45, 2.75) is 13.0 Å². The van der Waals surface area contributed by atoms with Crippen LogP contribution >= 0.6 is 0 Å². The lowest BCUT2D eigenvalue weighted by Crippen LogP contribution is -2.18. The van der Waals surface area contributed by atoms with E-state index in [1.807, 2.05) is 0 Å². The van der Waals surface area contributed by atoms with Gasteiger partial charge in [0.1, 0.15) is 11.3 Å². The Morgan fingerprint density at radius 1 is 1.79 bits per heavy atom. The summed E-state index contributed by atoms with van der Waals surface area (Å²) in [6.45, 7) is 1.50. The number of aromatic nitrogens is 3. The van der Waals surface area contributed by atoms with Crippen LogP contribution in [0.1, 0.15) is 13.0 Å². The van der Waals surface area contributed by atoms with Crippen LogP contribution < -0.4 is 0 Å². The zero-order valence-electron chi connectivity index (χ0n) is 7.58. The molecule has 14 heavy (non-hydrogen) atoms. The van der Waals surface area contributed by atoms with Gasteiger partial charge in [0.25, 0.3) is 0 Å². The summed E-state index contributed by atoms with van der Waals surface area (Å²) in [5, 5.41) is 16.9. The number of carbonyl (C=O) groups is 1. The van der Waals surface area contributed by atoms with Crippen LogP contribution in [-0.4, -0.2) is 33.0 Å². The number of hydrogen-bond acceptors (Lipinski definition) is 6. The van der Waals surface area contributed by atoms with Crippen LogP contribution in [0.25, 0.3) is 0 Å². The first kappa shape index (κ1) is 10.1. The highest BCUT2D eigenvalue weighted by molar-refractivity contribution is 5.73. The molecule has 0 aliphatic heterocycles. The number of hydrogen-bond donors (Lipinski definition) is 0. The maximum atomic E-state index is 11.0. The molecule has 0 aromatic carbocycles. The van der Waals surface area contributed by atoms with Crippen molar-refractivity contribution in [2.75, 3.05) is 7.11 Å². The summed E-state index contributed by atoms with van der Waals surface area (Å²) in [6, 6.07) is -0.721. The normalized spacial score (nSPS) is 12.1. The molecule has 1 heterocycles. The van der Waals surface area contributed by atoms with Crippen molar-refractivity contribution >= 4 is 11.8 Å². The van der Waals surface area contributed by atoms with Crippen molar-refractivity contribution in [1.29, 1.82) is 0 Å². The summed E-state index contributed by atoms with van der Waals surface area (Å²) in [5.41, 5.74) is 0. The Morgan fingerprint density at radius 3 is 2.86 bits per heavy atom. The van der Waals surface area contributed by atoms with Crippen molar-refractivity contribution in [3.05, 3.63) is 16.3 Å². The van der Waals surface area contributed by atoms with Gasteiger partial charge in [0.05, 0.1) is 12.3 Å². The molecule has 0 saturated carbocycles. The molecule has 1 atom stereocenters. The fourth-order valence-electron chi connectivity index (χ4n) is 0.819. The maximum Gasteiger partial charge on any atom is 0.410 e. The van der Waals surface area contributed by atoms with Crippen molar-refractivity contribution in [3.63, 3.8) is 0 Å². The SMILES string of the molecule is COC(=O)C(C)n1cc([N+](=O)[O-])nn1. The lowest BCUT2D eigenvalue weighted by Gasteiger charge is -2.05. The molecule has 0 radical (unpaired) electrons. The number of methoxy groups -OCH3 is 1. The molecule has 0 fully saturated rings. The van der Waals surface area contributed by atoms with Crippen LogP contribution in [0, 0.1) is 10.1 Å². The molecule has 1 unspecified atom stereocenters. The minimum Gasteiger partial charge on any atom is -0.467 e. The molecule has 1 aromatic rings. The third-order valence-corrected chi connectivity index (χ3v) is 1.62. The van der Waals surface area contributed by atoms with Crippen LogP contribution in [0.3, 0.4) is 0 Å². The molecule has 76 valence electrons. The fraction of sp³-hybridized carbons (Fsp3) is 0.500. The summed E-state index contributed by atoms with van der Waals surface area (Å²) in [4.78, 5) is 20.6. The van der Waals surface area contributed by atoms with Crippen molar-refractivity contribution in [3.8, 4) is 0 Å². The molecule has 0 amide bonds. The molecule has 0 N–H and O–H groups in total. The highest BCUT2D eigenvalue weighted by Crippen LogP contribution is 2.10. The number of carbonyl (C=O) groups excluding carboxylic acids is 1. The number of ether oxygens (including phenoxy) is 1. The Balaban J connectivity index is 2.86. The summed E-state index contributed by atoms with van der Waals surface area (Å²) >= 11 is 0. The summed E-state index contributed by atoms with van der Waals surface area (Å²) < 4.78 is 5.51. The van der Waals surface area contributed by atoms with Gasteiger partial charge >= 0.3 is 11.8 Å². The third-order valence-electron chi connectivity index (χ3n) is 1.62. The molecule has 1 rings (SSSR count). The number of nitro groups is 1. The quantitative estimate of drug-likeness (QED) is 0.384. The van der Waals surface area contributed by atoms with E-state index in [1.54, 1.807) is 0 Å². The Kier molecular flexibility index (Phi) is 2.75. The second-order valence-corrected chi connectivity index (χ2v) is 2.51. The van der Waals surface area contributed by atoms with E-state index in [0.717, 1.165) is 10.9 Å². The van der Waals surface area contributed by atoms with Gasteiger partial charge in [-0.1, -0.05) is 0 Å². The Bertz CT molecular complexity index is 360. The monoisotopic (exact) mass is 200 g/mol. The lowest BCUT2D eigenvalue weighted by molar-refractivity contribution is -0.389. The second kappa shape index (κ2) is 3.81. The predicted molar refractivity (Wildman–Crippen MR) is 43.4 cm³/mol. The molecule has 0 aliphatic rings. The average Bonchev–Trinajstić information content (AvgIpc) is 2.64. The lowest BCUT2D eigenvalue weighted by atomic mass is 10.3. The number of rotatable bonds is 3. The van der Waals surface area contributed by atoms with Gasteiger partial charge < -0.3 is 14.9 Å².